The fraction of sp³-hybridized carbons (Fsp3) is 0.190. The van der Waals surface area contributed by atoms with Crippen molar-refractivity contribution in [1.29, 1.82) is 0 Å². The van der Waals surface area contributed by atoms with Crippen molar-refractivity contribution in [3.63, 3.8) is 0 Å². The Bertz CT molecular complexity index is 1010. The lowest BCUT2D eigenvalue weighted by atomic mass is 10.1. The van der Waals surface area contributed by atoms with Gasteiger partial charge in [-0.1, -0.05) is 35.9 Å². The molecule has 140 valence electrons. The van der Waals surface area contributed by atoms with Gasteiger partial charge in [-0.2, -0.15) is 0 Å². The highest BCUT2D eigenvalue weighted by Crippen LogP contribution is 2.38. The SMILES string of the molecule is COc1cc(C=CC(=O)c2c(Cl)n(C)c3ccccc23)cc(OC)c1OC. The molecule has 0 N–H and O–H groups in total. The summed E-state index contributed by atoms with van der Waals surface area (Å²) in [7, 11) is 6.48. The largest absolute Gasteiger partial charge is 0.493 e. The van der Waals surface area contributed by atoms with Crippen molar-refractivity contribution in [2.24, 2.45) is 7.05 Å². The van der Waals surface area contributed by atoms with Crippen LogP contribution in [0.15, 0.2) is 42.5 Å². The number of benzene rings is 2. The van der Waals surface area contributed by atoms with Crippen LogP contribution in [0.25, 0.3) is 17.0 Å². The van der Waals surface area contributed by atoms with E-state index in [-0.39, 0.29) is 5.78 Å². The predicted octanol–water partition coefficient (Wildman–Crippen LogP) is 4.75. The molecule has 27 heavy (non-hydrogen) atoms. The molecule has 0 unspecified atom stereocenters. The monoisotopic (exact) mass is 385 g/mol. The van der Waals surface area contributed by atoms with Crippen molar-refractivity contribution in [3.05, 3.63) is 58.8 Å². The van der Waals surface area contributed by atoms with Gasteiger partial charge in [-0.05, 0) is 29.8 Å². The molecule has 0 radical (unpaired) electrons. The minimum atomic E-state index is -0.175. The summed E-state index contributed by atoms with van der Waals surface area (Å²) in [5, 5.41) is 1.24. The van der Waals surface area contributed by atoms with Crippen LogP contribution in [0.2, 0.25) is 5.15 Å². The van der Waals surface area contributed by atoms with Crippen LogP contribution < -0.4 is 14.2 Å². The second-order valence-corrected chi connectivity index (χ2v) is 6.26. The van der Waals surface area contributed by atoms with E-state index in [9.17, 15) is 4.79 Å². The zero-order valence-electron chi connectivity index (χ0n) is 15.6. The second-order valence-electron chi connectivity index (χ2n) is 5.90. The number of carbonyl (C=O) groups excluding carboxylic acids is 1. The molecule has 0 bridgehead atoms. The van der Waals surface area contributed by atoms with Crippen LogP contribution >= 0.6 is 11.6 Å². The van der Waals surface area contributed by atoms with E-state index in [1.54, 1.807) is 44.1 Å². The lowest BCUT2D eigenvalue weighted by Gasteiger charge is -2.12. The quantitative estimate of drug-likeness (QED) is 0.453. The molecule has 0 aliphatic heterocycles. The lowest BCUT2D eigenvalue weighted by Crippen LogP contribution is -1.97. The average molecular weight is 386 g/mol. The van der Waals surface area contributed by atoms with Gasteiger partial charge in [0.1, 0.15) is 5.15 Å². The maximum Gasteiger partial charge on any atom is 0.203 e. The number of allylic oxidation sites excluding steroid dienone is 1. The topological polar surface area (TPSA) is 49.7 Å². The van der Waals surface area contributed by atoms with Crippen LogP contribution in [0.3, 0.4) is 0 Å². The first-order valence-electron chi connectivity index (χ1n) is 8.27. The fourth-order valence-electron chi connectivity index (χ4n) is 3.05. The van der Waals surface area contributed by atoms with E-state index in [1.807, 2.05) is 31.3 Å². The summed E-state index contributed by atoms with van der Waals surface area (Å²) in [5.74, 6) is 1.37. The van der Waals surface area contributed by atoms with Crippen molar-refractivity contribution in [1.82, 2.24) is 4.57 Å². The predicted molar refractivity (Wildman–Crippen MR) is 107 cm³/mol. The van der Waals surface area contributed by atoms with E-state index in [2.05, 4.69) is 0 Å². The van der Waals surface area contributed by atoms with E-state index in [1.165, 1.54) is 6.08 Å². The number of hydrogen-bond acceptors (Lipinski definition) is 4. The van der Waals surface area contributed by atoms with E-state index in [4.69, 9.17) is 25.8 Å². The number of rotatable bonds is 6. The Balaban J connectivity index is 2.00. The van der Waals surface area contributed by atoms with Crippen molar-refractivity contribution in [2.45, 2.75) is 0 Å². The molecular formula is C21H20ClNO4. The molecule has 3 rings (SSSR count). The van der Waals surface area contributed by atoms with Crippen molar-refractivity contribution in [3.8, 4) is 17.2 Å². The molecule has 0 fully saturated rings. The summed E-state index contributed by atoms with van der Waals surface area (Å²) in [6, 6.07) is 11.2. The Labute approximate surface area is 162 Å². The Morgan fingerprint density at radius 2 is 1.67 bits per heavy atom. The van der Waals surface area contributed by atoms with Gasteiger partial charge in [-0.3, -0.25) is 4.79 Å². The molecule has 6 heteroatoms. The number of ketones is 1. The third kappa shape index (κ3) is 3.38. The lowest BCUT2D eigenvalue weighted by molar-refractivity contribution is 0.104. The number of aromatic nitrogens is 1. The molecule has 0 amide bonds. The normalized spacial score (nSPS) is 11.1. The third-order valence-electron chi connectivity index (χ3n) is 4.40. The average Bonchev–Trinajstić information content (AvgIpc) is 2.96. The van der Waals surface area contributed by atoms with Crippen molar-refractivity contribution < 1.29 is 19.0 Å². The molecule has 0 aliphatic rings. The summed E-state index contributed by atoms with van der Waals surface area (Å²) < 4.78 is 17.8. The molecule has 1 aromatic heterocycles. The Kier molecular flexibility index (Phi) is 5.42. The highest BCUT2D eigenvalue weighted by atomic mass is 35.5. The Morgan fingerprint density at radius 1 is 1.04 bits per heavy atom. The van der Waals surface area contributed by atoms with Crippen LogP contribution in [0.4, 0.5) is 0 Å². The minimum absolute atomic E-state index is 0.175. The fourth-order valence-corrected chi connectivity index (χ4v) is 3.34. The van der Waals surface area contributed by atoms with Gasteiger partial charge in [0.25, 0.3) is 0 Å². The molecule has 2 aromatic carbocycles. The Morgan fingerprint density at radius 3 is 2.26 bits per heavy atom. The summed E-state index contributed by atoms with van der Waals surface area (Å²) >= 11 is 6.40. The number of para-hydroxylation sites is 1. The van der Waals surface area contributed by atoms with Crippen LogP contribution in [0, 0.1) is 0 Å². The second kappa shape index (κ2) is 7.76. The summed E-state index contributed by atoms with van der Waals surface area (Å²) in [6.07, 6.45) is 3.19. The molecule has 0 saturated carbocycles. The first-order chi connectivity index (χ1) is 13.0. The van der Waals surface area contributed by atoms with Gasteiger partial charge >= 0.3 is 0 Å². The molecule has 0 aliphatic carbocycles. The van der Waals surface area contributed by atoms with Crippen molar-refractivity contribution >= 4 is 34.4 Å². The molecular weight excluding hydrogens is 366 g/mol. The van der Waals surface area contributed by atoms with Crippen LogP contribution in [0.1, 0.15) is 15.9 Å². The highest BCUT2D eigenvalue weighted by Gasteiger charge is 2.18. The molecule has 3 aromatic rings. The van der Waals surface area contributed by atoms with Gasteiger partial charge in [0.2, 0.25) is 5.75 Å². The zero-order chi connectivity index (χ0) is 19.6. The van der Waals surface area contributed by atoms with Gasteiger partial charge in [-0.15, -0.1) is 0 Å². The molecule has 5 nitrogen and oxygen atoms in total. The number of methoxy groups -OCH3 is 3. The molecule has 0 saturated heterocycles. The maximum atomic E-state index is 12.8. The van der Waals surface area contributed by atoms with Gasteiger partial charge < -0.3 is 18.8 Å². The Hall–Kier alpha value is -2.92. The van der Waals surface area contributed by atoms with Crippen LogP contribution in [-0.2, 0) is 7.05 Å². The van der Waals surface area contributed by atoms with Crippen molar-refractivity contribution in [2.75, 3.05) is 21.3 Å². The van der Waals surface area contributed by atoms with Crippen LogP contribution in [-0.4, -0.2) is 31.7 Å². The summed E-state index contributed by atoms with van der Waals surface area (Å²) in [6.45, 7) is 0. The third-order valence-corrected chi connectivity index (χ3v) is 4.84. The van der Waals surface area contributed by atoms with Gasteiger partial charge in [-0.25, -0.2) is 0 Å². The summed E-state index contributed by atoms with van der Waals surface area (Å²) in [5.41, 5.74) is 2.14. The molecule has 0 atom stereocenters. The minimum Gasteiger partial charge on any atom is -0.493 e. The number of hydrogen-bond donors (Lipinski definition) is 0. The molecule has 0 spiro atoms. The van der Waals surface area contributed by atoms with Gasteiger partial charge in [0.05, 0.1) is 26.9 Å². The first-order valence-corrected chi connectivity index (χ1v) is 8.65. The first kappa shape index (κ1) is 18.9. The summed E-state index contributed by atoms with van der Waals surface area (Å²) in [4.78, 5) is 12.8. The number of halogens is 1. The zero-order valence-corrected chi connectivity index (χ0v) is 16.3. The van der Waals surface area contributed by atoms with E-state index < -0.39 is 0 Å². The van der Waals surface area contributed by atoms with E-state index in [0.29, 0.717) is 28.0 Å². The van der Waals surface area contributed by atoms with Crippen LogP contribution in [0.5, 0.6) is 17.2 Å². The van der Waals surface area contributed by atoms with E-state index >= 15 is 0 Å². The van der Waals surface area contributed by atoms with Gasteiger partial charge in [0, 0.05) is 18.0 Å². The number of ether oxygens (including phenoxy) is 3. The highest BCUT2D eigenvalue weighted by molar-refractivity contribution is 6.36. The number of carbonyl (C=O) groups is 1. The standard InChI is InChI=1S/C21H20ClNO4/c1-23-15-8-6-5-7-14(15)19(21(23)22)16(24)10-9-13-11-17(25-2)20(27-4)18(12-13)26-3/h5-12H,1-4H3. The molecule has 1 heterocycles. The van der Waals surface area contributed by atoms with Gasteiger partial charge in [0.15, 0.2) is 17.3 Å². The maximum absolute atomic E-state index is 12.8. The van der Waals surface area contributed by atoms with E-state index in [0.717, 1.165) is 16.5 Å². The number of nitrogens with zero attached hydrogens (tertiary/aromatic N) is 1. The number of fused-ring (bicyclic) bond motifs is 1. The smallest absolute Gasteiger partial charge is 0.203 e. The number of aryl methyl sites for hydroxylation is 1.